The van der Waals surface area contributed by atoms with Gasteiger partial charge in [0, 0.05) is 30.2 Å². The second kappa shape index (κ2) is 6.00. The van der Waals surface area contributed by atoms with Crippen molar-refractivity contribution in [1.82, 2.24) is 4.98 Å². The van der Waals surface area contributed by atoms with Crippen LogP contribution in [-0.4, -0.2) is 10.9 Å². The molecule has 0 fully saturated rings. The van der Waals surface area contributed by atoms with Gasteiger partial charge in [-0.05, 0) is 35.7 Å². The van der Waals surface area contributed by atoms with Crippen molar-refractivity contribution in [1.29, 1.82) is 0 Å². The van der Waals surface area contributed by atoms with Gasteiger partial charge in [-0.2, -0.15) is 0 Å². The van der Waals surface area contributed by atoms with Gasteiger partial charge < -0.3 is 11.1 Å². The number of amides is 1. The molecule has 1 aromatic heterocycles. The number of carbonyl (C=O) groups excluding carboxylic acids is 1. The summed E-state index contributed by atoms with van der Waals surface area (Å²) < 4.78 is 0. The molecule has 1 unspecified atom stereocenters. The Morgan fingerprint density at radius 3 is 2.47 bits per heavy atom. The first-order valence-corrected chi connectivity index (χ1v) is 6.20. The number of benzene rings is 1. The molecule has 0 aliphatic heterocycles. The molecule has 2 rings (SSSR count). The van der Waals surface area contributed by atoms with Gasteiger partial charge in [-0.15, -0.1) is 0 Å². The van der Waals surface area contributed by atoms with E-state index in [0.717, 1.165) is 16.9 Å². The summed E-state index contributed by atoms with van der Waals surface area (Å²) in [6.45, 7) is 2.03. The van der Waals surface area contributed by atoms with Crippen LogP contribution in [-0.2, 0) is 4.79 Å². The second-order valence-corrected chi connectivity index (χ2v) is 4.56. The molecule has 0 spiro atoms. The summed E-state index contributed by atoms with van der Waals surface area (Å²) in [5.74, 6) is 0.151. The molecule has 4 heteroatoms. The van der Waals surface area contributed by atoms with Crippen molar-refractivity contribution in [2.45, 2.75) is 19.3 Å². The lowest BCUT2D eigenvalue weighted by molar-refractivity contribution is -0.116. The minimum atomic E-state index is -0.00414. The van der Waals surface area contributed by atoms with Crippen LogP contribution in [0.2, 0.25) is 0 Å². The molecule has 0 radical (unpaired) electrons. The number of nitrogen functional groups attached to an aromatic ring is 1. The van der Waals surface area contributed by atoms with Crippen LogP contribution in [0.15, 0.2) is 48.8 Å². The lowest BCUT2D eigenvalue weighted by Crippen LogP contribution is -2.14. The quantitative estimate of drug-likeness (QED) is 0.825. The molecule has 4 nitrogen and oxygen atoms in total. The van der Waals surface area contributed by atoms with E-state index in [9.17, 15) is 4.79 Å². The monoisotopic (exact) mass is 255 g/mol. The third kappa shape index (κ3) is 3.81. The number of hydrogen-bond acceptors (Lipinski definition) is 3. The summed E-state index contributed by atoms with van der Waals surface area (Å²) >= 11 is 0. The van der Waals surface area contributed by atoms with Crippen molar-refractivity contribution >= 4 is 17.3 Å². The van der Waals surface area contributed by atoms with Crippen LogP contribution >= 0.6 is 0 Å². The minimum Gasteiger partial charge on any atom is -0.399 e. The second-order valence-electron chi connectivity index (χ2n) is 4.56. The highest BCUT2D eigenvalue weighted by molar-refractivity contribution is 5.91. The number of nitrogens with two attached hydrogens (primary N) is 1. The van der Waals surface area contributed by atoms with Gasteiger partial charge in [0.25, 0.3) is 0 Å². The third-order valence-corrected chi connectivity index (χ3v) is 2.96. The zero-order valence-corrected chi connectivity index (χ0v) is 10.8. The molecule has 1 atom stereocenters. The molecule has 0 bridgehead atoms. The molecule has 0 aliphatic carbocycles. The average Bonchev–Trinajstić information content (AvgIpc) is 2.40. The molecule has 19 heavy (non-hydrogen) atoms. The highest BCUT2D eigenvalue weighted by Gasteiger charge is 2.11. The molecule has 2 aromatic rings. The van der Waals surface area contributed by atoms with Gasteiger partial charge in [0.2, 0.25) is 5.91 Å². The lowest BCUT2D eigenvalue weighted by Gasteiger charge is -2.12. The Morgan fingerprint density at radius 2 is 1.84 bits per heavy atom. The topological polar surface area (TPSA) is 68.0 Å². The van der Waals surface area contributed by atoms with Crippen LogP contribution in [0.5, 0.6) is 0 Å². The minimum absolute atomic E-state index is 0.00414. The number of anilines is 2. The summed E-state index contributed by atoms with van der Waals surface area (Å²) in [6, 6.07) is 11.2. The molecule has 3 N–H and O–H groups in total. The van der Waals surface area contributed by atoms with Gasteiger partial charge in [0.1, 0.15) is 0 Å². The Balaban J connectivity index is 1.93. The maximum Gasteiger partial charge on any atom is 0.224 e. The third-order valence-electron chi connectivity index (χ3n) is 2.96. The van der Waals surface area contributed by atoms with Crippen LogP contribution in [0.3, 0.4) is 0 Å². The van der Waals surface area contributed by atoms with E-state index in [1.165, 1.54) is 0 Å². The van der Waals surface area contributed by atoms with E-state index in [2.05, 4.69) is 10.3 Å². The Kier molecular flexibility index (Phi) is 4.13. The predicted octanol–water partition coefficient (Wildman–Crippen LogP) is 2.80. The molecular weight excluding hydrogens is 238 g/mol. The van der Waals surface area contributed by atoms with Crippen LogP contribution in [0.1, 0.15) is 24.8 Å². The van der Waals surface area contributed by atoms with E-state index in [0.29, 0.717) is 6.42 Å². The SMILES string of the molecule is CC(CC(=O)Nc1ccncc1)c1ccc(N)cc1. The molecule has 0 aliphatic rings. The smallest absolute Gasteiger partial charge is 0.224 e. The Hall–Kier alpha value is -2.36. The van der Waals surface area contributed by atoms with Crippen LogP contribution in [0.25, 0.3) is 0 Å². The molecule has 0 saturated carbocycles. The number of carbonyl (C=O) groups is 1. The molecule has 1 aromatic carbocycles. The first kappa shape index (κ1) is 13.1. The van der Waals surface area contributed by atoms with Crippen molar-refractivity contribution in [3.63, 3.8) is 0 Å². The Morgan fingerprint density at radius 1 is 1.21 bits per heavy atom. The number of pyridine rings is 1. The Bertz CT molecular complexity index is 537. The zero-order valence-electron chi connectivity index (χ0n) is 10.8. The fourth-order valence-corrected chi connectivity index (χ4v) is 1.87. The maximum absolute atomic E-state index is 11.9. The van der Waals surface area contributed by atoms with Gasteiger partial charge >= 0.3 is 0 Å². The van der Waals surface area contributed by atoms with E-state index in [4.69, 9.17) is 5.73 Å². The summed E-state index contributed by atoms with van der Waals surface area (Å²) in [4.78, 5) is 15.8. The summed E-state index contributed by atoms with van der Waals surface area (Å²) in [7, 11) is 0. The van der Waals surface area contributed by atoms with Gasteiger partial charge in [-0.3, -0.25) is 9.78 Å². The number of nitrogens with zero attached hydrogens (tertiary/aromatic N) is 1. The maximum atomic E-state index is 11.9. The van der Waals surface area contributed by atoms with Gasteiger partial charge in [0.15, 0.2) is 0 Å². The van der Waals surface area contributed by atoms with E-state index < -0.39 is 0 Å². The van der Waals surface area contributed by atoms with E-state index >= 15 is 0 Å². The average molecular weight is 255 g/mol. The van der Waals surface area contributed by atoms with Crippen molar-refractivity contribution in [2.24, 2.45) is 0 Å². The molecule has 98 valence electrons. The van der Waals surface area contributed by atoms with Crippen molar-refractivity contribution < 1.29 is 4.79 Å². The van der Waals surface area contributed by atoms with Crippen molar-refractivity contribution in [2.75, 3.05) is 11.1 Å². The van der Waals surface area contributed by atoms with E-state index in [1.807, 2.05) is 31.2 Å². The molecule has 1 amide bonds. The highest BCUT2D eigenvalue weighted by atomic mass is 16.1. The number of hydrogen-bond donors (Lipinski definition) is 2. The van der Waals surface area contributed by atoms with Gasteiger partial charge in [-0.25, -0.2) is 0 Å². The summed E-state index contributed by atoms with van der Waals surface area (Å²) in [5, 5.41) is 2.85. The number of rotatable bonds is 4. The standard InChI is InChI=1S/C15H17N3O/c1-11(12-2-4-13(16)5-3-12)10-15(19)18-14-6-8-17-9-7-14/h2-9,11H,10,16H2,1H3,(H,17,18,19). The van der Waals surface area contributed by atoms with Crippen molar-refractivity contribution in [3.05, 3.63) is 54.4 Å². The Labute approximate surface area is 112 Å². The zero-order chi connectivity index (χ0) is 13.7. The van der Waals surface area contributed by atoms with E-state index in [1.54, 1.807) is 24.5 Å². The molecule has 1 heterocycles. The highest BCUT2D eigenvalue weighted by Crippen LogP contribution is 2.20. The summed E-state index contributed by atoms with van der Waals surface area (Å²) in [6.07, 6.45) is 3.74. The van der Waals surface area contributed by atoms with Crippen LogP contribution < -0.4 is 11.1 Å². The van der Waals surface area contributed by atoms with Crippen LogP contribution in [0, 0.1) is 0 Å². The van der Waals surface area contributed by atoms with Gasteiger partial charge in [-0.1, -0.05) is 19.1 Å². The first-order valence-electron chi connectivity index (χ1n) is 6.20. The number of aromatic nitrogens is 1. The fraction of sp³-hybridized carbons (Fsp3) is 0.200. The van der Waals surface area contributed by atoms with Crippen molar-refractivity contribution in [3.8, 4) is 0 Å². The van der Waals surface area contributed by atoms with Gasteiger partial charge in [0.05, 0.1) is 0 Å². The predicted molar refractivity (Wildman–Crippen MR) is 76.8 cm³/mol. The normalized spacial score (nSPS) is 11.8. The lowest BCUT2D eigenvalue weighted by atomic mass is 9.97. The summed E-state index contributed by atoms with van der Waals surface area (Å²) in [5.41, 5.74) is 8.26. The fourth-order valence-electron chi connectivity index (χ4n) is 1.87. The first-order chi connectivity index (χ1) is 9.15. The van der Waals surface area contributed by atoms with E-state index in [-0.39, 0.29) is 11.8 Å². The van der Waals surface area contributed by atoms with Crippen LogP contribution in [0.4, 0.5) is 11.4 Å². The number of nitrogens with one attached hydrogen (secondary N) is 1. The molecular formula is C15H17N3O. The largest absolute Gasteiger partial charge is 0.399 e. The molecule has 0 saturated heterocycles.